The fourth-order valence-corrected chi connectivity index (χ4v) is 2.63. The molecule has 130 valence electrons. The summed E-state index contributed by atoms with van der Waals surface area (Å²) in [5.74, 6) is 0.356. The molecule has 0 aliphatic heterocycles. The third-order valence-corrected chi connectivity index (χ3v) is 3.94. The Hall–Kier alpha value is -2.30. The summed E-state index contributed by atoms with van der Waals surface area (Å²) in [6.45, 7) is 5.96. The molecule has 24 heavy (non-hydrogen) atoms. The Bertz CT molecular complexity index is 751. The normalized spacial score (nSPS) is 12.1. The maximum atomic E-state index is 11.9. The molecule has 2 rings (SSSR count). The molecule has 1 atom stereocenters. The van der Waals surface area contributed by atoms with Crippen LogP contribution in [0.4, 0.5) is 0 Å². The Morgan fingerprint density at radius 1 is 1.29 bits per heavy atom. The van der Waals surface area contributed by atoms with Gasteiger partial charge < -0.3 is 14.5 Å². The number of carbonyl (C=O) groups is 1. The van der Waals surface area contributed by atoms with Crippen molar-refractivity contribution >= 4 is 16.9 Å². The average Bonchev–Trinajstić information content (AvgIpc) is 2.52. The molecule has 0 spiro atoms. The second-order valence-corrected chi connectivity index (χ2v) is 6.16. The minimum Gasteiger partial charge on any atom is -0.484 e. The quantitative estimate of drug-likeness (QED) is 0.593. The summed E-state index contributed by atoms with van der Waals surface area (Å²) in [4.78, 5) is 23.4. The van der Waals surface area contributed by atoms with Crippen LogP contribution in [-0.2, 0) is 4.79 Å². The number of amides is 1. The summed E-state index contributed by atoms with van der Waals surface area (Å²) in [5.41, 5.74) is 0.924. The molecule has 1 aromatic carbocycles. The second-order valence-electron chi connectivity index (χ2n) is 6.16. The number of hydrogen-bond donors (Lipinski definition) is 1. The lowest BCUT2D eigenvalue weighted by molar-refractivity contribution is -0.123. The van der Waals surface area contributed by atoms with E-state index < -0.39 is 5.63 Å². The first-order valence-electron chi connectivity index (χ1n) is 8.46. The average molecular weight is 331 g/mol. The predicted molar refractivity (Wildman–Crippen MR) is 94.5 cm³/mol. The molecule has 1 aromatic heterocycles. The minimum absolute atomic E-state index is 0.0559. The van der Waals surface area contributed by atoms with E-state index in [0.29, 0.717) is 11.3 Å². The molecular formula is C19H25NO4. The van der Waals surface area contributed by atoms with Gasteiger partial charge in [-0.2, -0.15) is 0 Å². The monoisotopic (exact) mass is 331 g/mol. The molecule has 1 N–H and O–H groups in total. The first kappa shape index (κ1) is 18.0. The van der Waals surface area contributed by atoms with Crippen molar-refractivity contribution in [3.8, 4) is 5.75 Å². The van der Waals surface area contributed by atoms with Gasteiger partial charge in [0.1, 0.15) is 11.3 Å². The van der Waals surface area contributed by atoms with Crippen molar-refractivity contribution < 1.29 is 13.9 Å². The van der Waals surface area contributed by atoms with Gasteiger partial charge in [-0.15, -0.1) is 0 Å². The molecule has 2 aromatic rings. The van der Waals surface area contributed by atoms with Crippen LogP contribution in [0.5, 0.6) is 5.75 Å². The van der Waals surface area contributed by atoms with Gasteiger partial charge in [-0.3, -0.25) is 4.79 Å². The van der Waals surface area contributed by atoms with Crippen LogP contribution >= 0.6 is 0 Å². The zero-order valence-electron chi connectivity index (χ0n) is 14.6. The molecule has 0 radical (unpaired) electrons. The molecule has 0 saturated carbocycles. The van der Waals surface area contributed by atoms with Crippen molar-refractivity contribution in [1.82, 2.24) is 5.32 Å². The lowest BCUT2D eigenvalue weighted by Gasteiger charge is -2.14. The fourth-order valence-electron chi connectivity index (χ4n) is 2.63. The zero-order valence-corrected chi connectivity index (χ0v) is 14.6. The summed E-state index contributed by atoms with van der Waals surface area (Å²) in [5, 5.41) is 3.78. The van der Waals surface area contributed by atoms with E-state index in [0.717, 1.165) is 23.8 Å². The largest absolute Gasteiger partial charge is 0.484 e. The van der Waals surface area contributed by atoms with E-state index in [9.17, 15) is 9.59 Å². The SMILES string of the molecule is CCCCC[C@H](C)NC(=O)COc1ccc2c(C)cc(=O)oc2c1. The van der Waals surface area contributed by atoms with Crippen LogP contribution in [-0.4, -0.2) is 18.6 Å². The Kier molecular flexibility index (Phi) is 6.41. The molecule has 1 heterocycles. The van der Waals surface area contributed by atoms with E-state index in [2.05, 4.69) is 12.2 Å². The van der Waals surface area contributed by atoms with Crippen LogP contribution in [0, 0.1) is 6.92 Å². The lowest BCUT2D eigenvalue weighted by Crippen LogP contribution is -2.36. The topological polar surface area (TPSA) is 68.5 Å². The van der Waals surface area contributed by atoms with Crippen molar-refractivity contribution in [2.75, 3.05) is 6.61 Å². The van der Waals surface area contributed by atoms with Crippen LogP contribution < -0.4 is 15.7 Å². The number of nitrogens with one attached hydrogen (secondary N) is 1. The fraction of sp³-hybridized carbons (Fsp3) is 0.474. The highest BCUT2D eigenvalue weighted by atomic mass is 16.5. The van der Waals surface area contributed by atoms with Crippen LogP contribution in [0.1, 0.15) is 45.1 Å². The molecule has 0 fully saturated rings. The van der Waals surface area contributed by atoms with Crippen molar-refractivity contribution in [1.29, 1.82) is 0 Å². The summed E-state index contributed by atoms with van der Waals surface area (Å²) in [6, 6.07) is 6.84. The Morgan fingerprint density at radius 2 is 2.08 bits per heavy atom. The van der Waals surface area contributed by atoms with Gasteiger partial charge in [-0.1, -0.05) is 26.2 Å². The molecule has 0 unspecified atom stereocenters. The highest BCUT2D eigenvalue weighted by molar-refractivity contribution is 5.81. The maximum Gasteiger partial charge on any atom is 0.336 e. The molecule has 0 aliphatic carbocycles. The number of benzene rings is 1. The van der Waals surface area contributed by atoms with Gasteiger partial charge >= 0.3 is 5.63 Å². The highest BCUT2D eigenvalue weighted by Gasteiger charge is 2.09. The Labute approximate surface area is 142 Å². The van der Waals surface area contributed by atoms with E-state index in [1.807, 2.05) is 19.9 Å². The van der Waals surface area contributed by atoms with Crippen molar-refractivity contribution in [2.45, 2.75) is 52.5 Å². The van der Waals surface area contributed by atoms with Gasteiger partial charge in [0.25, 0.3) is 5.91 Å². The highest BCUT2D eigenvalue weighted by Crippen LogP contribution is 2.22. The van der Waals surface area contributed by atoms with Crippen molar-refractivity contribution in [3.05, 3.63) is 40.2 Å². The third kappa shape index (κ3) is 5.11. The number of aryl methyl sites for hydroxylation is 1. The summed E-state index contributed by atoms with van der Waals surface area (Å²) in [7, 11) is 0. The number of ether oxygens (including phenoxy) is 1. The molecule has 5 heteroatoms. The number of carbonyl (C=O) groups excluding carboxylic acids is 1. The van der Waals surface area contributed by atoms with E-state index in [1.54, 1.807) is 12.1 Å². The van der Waals surface area contributed by atoms with Gasteiger partial charge in [0, 0.05) is 23.6 Å². The Morgan fingerprint density at radius 3 is 2.83 bits per heavy atom. The molecule has 1 amide bonds. The van der Waals surface area contributed by atoms with Gasteiger partial charge in [0.15, 0.2) is 6.61 Å². The van der Waals surface area contributed by atoms with Crippen LogP contribution in [0.25, 0.3) is 11.0 Å². The first-order valence-corrected chi connectivity index (χ1v) is 8.46. The van der Waals surface area contributed by atoms with E-state index in [-0.39, 0.29) is 18.6 Å². The van der Waals surface area contributed by atoms with E-state index >= 15 is 0 Å². The third-order valence-electron chi connectivity index (χ3n) is 3.94. The Balaban J connectivity index is 1.91. The number of hydrogen-bond acceptors (Lipinski definition) is 4. The molecule has 5 nitrogen and oxygen atoms in total. The van der Waals surface area contributed by atoms with Crippen molar-refractivity contribution in [2.24, 2.45) is 0 Å². The van der Waals surface area contributed by atoms with Crippen LogP contribution in [0.3, 0.4) is 0 Å². The first-order chi connectivity index (χ1) is 11.5. The number of unbranched alkanes of at least 4 members (excludes halogenated alkanes) is 2. The molecule has 0 bridgehead atoms. The summed E-state index contributed by atoms with van der Waals surface area (Å²) in [6.07, 6.45) is 4.43. The van der Waals surface area contributed by atoms with Crippen LogP contribution in [0.15, 0.2) is 33.5 Å². The second kappa shape index (κ2) is 8.52. The maximum absolute atomic E-state index is 11.9. The number of fused-ring (bicyclic) bond motifs is 1. The minimum atomic E-state index is -0.393. The molecular weight excluding hydrogens is 306 g/mol. The molecule has 0 saturated heterocycles. The smallest absolute Gasteiger partial charge is 0.336 e. The summed E-state index contributed by atoms with van der Waals surface area (Å²) < 4.78 is 10.7. The van der Waals surface area contributed by atoms with E-state index in [4.69, 9.17) is 9.15 Å². The zero-order chi connectivity index (χ0) is 17.5. The molecule has 0 aliphatic rings. The predicted octanol–water partition coefficient (Wildman–Crippen LogP) is 3.57. The summed E-state index contributed by atoms with van der Waals surface area (Å²) >= 11 is 0. The van der Waals surface area contributed by atoms with Gasteiger partial charge in [-0.05, 0) is 38.0 Å². The van der Waals surface area contributed by atoms with E-state index in [1.165, 1.54) is 18.9 Å². The van der Waals surface area contributed by atoms with Gasteiger partial charge in [0.2, 0.25) is 0 Å². The number of rotatable bonds is 8. The van der Waals surface area contributed by atoms with Crippen LogP contribution in [0.2, 0.25) is 0 Å². The van der Waals surface area contributed by atoms with Gasteiger partial charge in [-0.25, -0.2) is 4.79 Å². The van der Waals surface area contributed by atoms with Gasteiger partial charge in [0.05, 0.1) is 0 Å². The standard InChI is InChI=1S/C19H25NO4/c1-4-5-6-7-14(3)20-18(21)12-23-15-8-9-16-13(2)10-19(22)24-17(16)11-15/h8-11,14H,4-7,12H2,1-3H3,(H,20,21)/t14-/m0/s1. The van der Waals surface area contributed by atoms with Crippen molar-refractivity contribution in [3.63, 3.8) is 0 Å². The lowest BCUT2D eigenvalue weighted by atomic mass is 10.1.